The zero-order chi connectivity index (χ0) is 15.3. The summed E-state index contributed by atoms with van der Waals surface area (Å²) in [7, 11) is 0. The molecule has 1 amide bonds. The number of nitrogens with one attached hydrogen (secondary N) is 1. The summed E-state index contributed by atoms with van der Waals surface area (Å²) in [5.41, 5.74) is 0.169. The van der Waals surface area contributed by atoms with Gasteiger partial charge in [0.25, 0.3) is 11.6 Å². The van der Waals surface area contributed by atoms with Gasteiger partial charge in [-0.05, 0) is 17.7 Å². The number of non-ortho nitro benzene ring substituents is 1. The lowest BCUT2D eigenvalue weighted by atomic mass is 10.0. The van der Waals surface area contributed by atoms with Crippen LogP contribution in [-0.2, 0) is 4.79 Å². The fraction of sp³-hybridized carbons (Fsp3) is 0.364. The number of aliphatic hydroxyl groups excluding tert-OH is 2. The number of carbonyl (C=O) groups is 1. The molecule has 0 aliphatic carbocycles. The monoisotopic (exact) mass is 402 g/mol. The van der Waals surface area contributed by atoms with Gasteiger partial charge in [0.05, 0.1) is 17.6 Å². The average molecular weight is 404 g/mol. The van der Waals surface area contributed by atoms with Gasteiger partial charge in [-0.2, -0.15) is 0 Å². The van der Waals surface area contributed by atoms with Crippen LogP contribution in [0.15, 0.2) is 24.3 Å². The highest BCUT2D eigenvalue weighted by Gasteiger charge is 2.24. The van der Waals surface area contributed by atoms with Crippen molar-refractivity contribution in [2.24, 2.45) is 0 Å². The summed E-state index contributed by atoms with van der Waals surface area (Å²) >= 11 is 10.7. The molecule has 0 aliphatic heterocycles. The van der Waals surface area contributed by atoms with Gasteiger partial charge < -0.3 is 15.5 Å². The molecule has 0 heterocycles. The molecule has 0 aromatic heterocycles. The molecule has 0 spiro atoms. The Balaban J connectivity index is 0.00000400. The molecule has 3 N–H and O–H groups in total. The number of nitro benzene ring substituents is 1. The number of halogens is 3. The number of rotatable bonds is 6. The maximum Gasteiger partial charge on any atom is 0.269 e. The zero-order valence-electron chi connectivity index (χ0n) is 10.5. The number of hydrogen-bond acceptors (Lipinski definition) is 5. The molecule has 0 radical (unpaired) electrons. The lowest BCUT2D eigenvalue weighted by molar-refractivity contribution is -0.384. The first-order valence-electron chi connectivity index (χ1n) is 5.48. The van der Waals surface area contributed by atoms with Crippen molar-refractivity contribution in [1.82, 2.24) is 5.32 Å². The number of carbonyl (C=O) groups excluding carboxylic acids is 1. The van der Waals surface area contributed by atoms with Gasteiger partial charge in [-0.15, -0.1) is 17.0 Å². The molecular weight excluding hydrogens is 391 g/mol. The van der Waals surface area contributed by atoms with Crippen molar-refractivity contribution in [3.05, 3.63) is 39.9 Å². The number of aliphatic hydroxyl groups is 2. The Morgan fingerprint density at radius 1 is 1.33 bits per heavy atom. The highest BCUT2D eigenvalue weighted by atomic mass is 79.9. The molecule has 118 valence electrons. The van der Waals surface area contributed by atoms with E-state index in [9.17, 15) is 20.0 Å². The normalized spacial score (nSPS) is 13.2. The van der Waals surface area contributed by atoms with Crippen molar-refractivity contribution in [2.75, 3.05) is 6.61 Å². The summed E-state index contributed by atoms with van der Waals surface area (Å²) in [5.74, 6) is -0.756. The fourth-order valence-corrected chi connectivity index (χ4v) is 1.62. The molecule has 1 aromatic carbocycles. The molecule has 0 aliphatic rings. The van der Waals surface area contributed by atoms with Gasteiger partial charge >= 0.3 is 0 Å². The van der Waals surface area contributed by atoms with Crippen LogP contribution in [0.25, 0.3) is 0 Å². The van der Waals surface area contributed by atoms with E-state index in [1.807, 2.05) is 0 Å². The minimum Gasteiger partial charge on any atom is -0.394 e. The molecule has 21 heavy (non-hydrogen) atoms. The van der Waals surface area contributed by atoms with Crippen molar-refractivity contribution in [2.45, 2.75) is 17.0 Å². The third-order valence-electron chi connectivity index (χ3n) is 2.55. The van der Waals surface area contributed by atoms with Crippen LogP contribution < -0.4 is 5.32 Å². The zero-order valence-corrected chi connectivity index (χ0v) is 13.7. The Labute approximate surface area is 140 Å². The average Bonchev–Trinajstić information content (AvgIpc) is 2.43. The largest absolute Gasteiger partial charge is 0.394 e. The number of nitrogens with zero attached hydrogens (tertiary/aromatic N) is 1. The Hall–Kier alpha value is -0.930. The molecule has 0 fully saturated rings. The number of nitro groups is 1. The molecule has 0 bridgehead atoms. The lowest BCUT2D eigenvalue weighted by Gasteiger charge is -2.22. The SMILES string of the molecule is Br.O=C(N[C@H](CO)[C@H](O)c1ccc([N+](=O)[O-])cc1)C(Cl)Cl. The van der Waals surface area contributed by atoms with E-state index in [-0.39, 0.29) is 22.7 Å². The van der Waals surface area contributed by atoms with Gasteiger partial charge in [0, 0.05) is 12.1 Å². The minimum atomic E-state index is -1.33. The van der Waals surface area contributed by atoms with Gasteiger partial charge in [0.15, 0.2) is 4.84 Å². The van der Waals surface area contributed by atoms with Crippen molar-refractivity contribution in [1.29, 1.82) is 0 Å². The van der Waals surface area contributed by atoms with Crippen LogP contribution in [0.1, 0.15) is 11.7 Å². The number of benzene rings is 1. The number of alkyl halides is 2. The third-order valence-corrected chi connectivity index (χ3v) is 2.95. The Kier molecular flexibility index (Phi) is 8.76. The van der Waals surface area contributed by atoms with Crippen LogP contribution in [-0.4, -0.2) is 38.5 Å². The smallest absolute Gasteiger partial charge is 0.269 e. The van der Waals surface area contributed by atoms with E-state index in [1.165, 1.54) is 24.3 Å². The third kappa shape index (κ3) is 5.76. The van der Waals surface area contributed by atoms with Crippen molar-refractivity contribution in [3.8, 4) is 0 Å². The predicted molar refractivity (Wildman–Crippen MR) is 82.9 cm³/mol. The Bertz CT molecular complexity index is 486. The number of amides is 1. The standard InChI is InChI=1S/C11H12Cl2N2O5.BrH/c12-10(13)11(18)14-8(5-16)9(17)6-1-3-7(4-2-6)15(19)20;/h1-4,8-10,16-17H,5H2,(H,14,18);1H/t8-,9-;/m1./s1. The quantitative estimate of drug-likeness (QED) is 0.378. The van der Waals surface area contributed by atoms with Crippen LogP contribution in [0.3, 0.4) is 0 Å². The van der Waals surface area contributed by atoms with Crippen molar-refractivity contribution < 1.29 is 19.9 Å². The first-order chi connectivity index (χ1) is 9.36. The van der Waals surface area contributed by atoms with Crippen LogP contribution in [0.4, 0.5) is 5.69 Å². The molecule has 7 nitrogen and oxygen atoms in total. The number of hydrogen-bond donors (Lipinski definition) is 3. The van der Waals surface area contributed by atoms with E-state index in [2.05, 4.69) is 5.32 Å². The first-order valence-corrected chi connectivity index (χ1v) is 6.36. The van der Waals surface area contributed by atoms with E-state index in [1.54, 1.807) is 0 Å². The summed E-state index contributed by atoms with van der Waals surface area (Å²) < 4.78 is 0. The Morgan fingerprint density at radius 2 is 1.86 bits per heavy atom. The molecule has 0 unspecified atom stereocenters. The molecule has 0 saturated carbocycles. The summed E-state index contributed by atoms with van der Waals surface area (Å²) in [6.45, 7) is -0.551. The van der Waals surface area contributed by atoms with Gasteiger partial charge in [-0.1, -0.05) is 23.2 Å². The van der Waals surface area contributed by atoms with Gasteiger partial charge in [-0.3, -0.25) is 14.9 Å². The Morgan fingerprint density at radius 3 is 2.24 bits per heavy atom. The highest BCUT2D eigenvalue weighted by Crippen LogP contribution is 2.20. The highest BCUT2D eigenvalue weighted by molar-refractivity contribution is 8.93. The maximum absolute atomic E-state index is 11.3. The summed E-state index contributed by atoms with van der Waals surface area (Å²) in [4.78, 5) is 19.9. The van der Waals surface area contributed by atoms with Gasteiger partial charge in [-0.25, -0.2) is 0 Å². The van der Waals surface area contributed by atoms with Crippen LogP contribution in [0.5, 0.6) is 0 Å². The van der Waals surface area contributed by atoms with E-state index >= 15 is 0 Å². The second kappa shape index (κ2) is 9.16. The lowest BCUT2D eigenvalue weighted by Crippen LogP contribution is -2.44. The molecular formula is C11H13BrCl2N2O5. The van der Waals surface area contributed by atoms with E-state index in [0.29, 0.717) is 5.56 Å². The summed E-state index contributed by atoms with van der Waals surface area (Å²) in [5, 5.41) is 31.9. The van der Waals surface area contributed by atoms with E-state index in [0.717, 1.165) is 0 Å². The fourth-order valence-electron chi connectivity index (χ4n) is 1.50. The first kappa shape index (κ1) is 20.1. The second-order valence-electron chi connectivity index (χ2n) is 3.89. The van der Waals surface area contributed by atoms with Crippen LogP contribution in [0.2, 0.25) is 0 Å². The topological polar surface area (TPSA) is 113 Å². The predicted octanol–water partition coefficient (Wildman–Crippen LogP) is 1.49. The maximum atomic E-state index is 11.3. The summed E-state index contributed by atoms with van der Waals surface area (Å²) in [6, 6.07) is 4.05. The summed E-state index contributed by atoms with van der Waals surface area (Å²) in [6.07, 6.45) is -1.25. The molecule has 10 heteroatoms. The van der Waals surface area contributed by atoms with E-state index < -0.39 is 34.4 Å². The molecule has 2 atom stereocenters. The van der Waals surface area contributed by atoms with Gasteiger partial charge in [0.1, 0.15) is 6.10 Å². The second-order valence-corrected chi connectivity index (χ2v) is 4.99. The van der Waals surface area contributed by atoms with Crippen LogP contribution in [0, 0.1) is 10.1 Å². The van der Waals surface area contributed by atoms with Crippen LogP contribution >= 0.6 is 40.2 Å². The van der Waals surface area contributed by atoms with Crippen molar-refractivity contribution in [3.63, 3.8) is 0 Å². The van der Waals surface area contributed by atoms with Crippen molar-refractivity contribution >= 4 is 51.8 Å². The minimum absolute atomic E-state index is 0. The molecule has 1 rings (SSSR count). The van der Waals surface area contributed by atoms with E-state index in [4.69, 9.17) is 28.3 Å². The molecule has 0 saturated heterocycles. The molecule has 1 aromatic rings. The van der Waals surface area contributed by atoms with Gasteiger partial charge in [0.2, 0.25) is 0 Å².